The molecule has 0 rings (SSSR count). The highest BCUT2D eigenvalue weighted by molar-refractivity contribution is 5.74. The predicted molar refractivity (Wildman–Crippen MR) is 70.7 cm³/mol. The molecule has 0 aliphatic rings. The number of amides is 2. The Labute approximate surface area is 109 Å². The maximum absolute atomic E-state index is 11.1. The fourth-order valence-corrected chi connectivity index (χ4v) is 1.74. The number of nitrogens with one attached hydrogen (secondary N) is 1. The summed E-state index contributed by atoms with van der Waals surface area (Å²) >= 11 is 0. The second-order valence-corrected chi connectivity index (χ2v) is 4.52. The molecule has 0 bridgehead atoms. The van der Waals surface area contributed by atoms with Gasteiger partial charge in [0, 0.05) is 6.42 Å². The maximum atomic E-state index is 11.1. The fourth-order valence-electron chi connectivity index (χ4n) is 1.74. The molecule has 3 N–H and O–H groups in total. The van der Waals surface area contributed by atoms with Crippen molar-refractivity contribution in [3.05, 3.63) is 0 Å². The number of nitrogens with two attached hydrogens (primary N) is 1. The summed E-state index contributed by atoms with van der Waals surface area (Å²) in [6.45, 7) is 2.21. The van der Waals surface area contributed by atoms with Gasteiger partial charge in [0.25, 0.3) is 0 Å². The summed E-state index contributed by atoms with van der Waals surface area (Å²) < 4.78 is 0. The molecule has 0 aliphatic carbocycles. The van der Waals surface area contributed by atoms with Gasteiger partial charge in [-0.3, -0.25) is 0 Å². The Morgan fingerprint density at radius 1 is 0.944 bits per heavy atom. The van der Waals surface area contributed by atoms with E-state index in [9.17, 15) is 9.59 Å². The molecule has 106 valence electrons. The molecule has 2 amide bonds. The summed E-state index contributed by atoms with van der Waals surface area (Å²) in [4.78, 5) is 25.7. The lowest BCUT2D eigenvalue weighted by Gasteiger charge is -2.03. The summed E-state index contributed by atoms with van der Waals surface area (Å²) in [7, 11) is 0. The van der Waals surface area contributed by atoms with Crippen LogP contribution in [0.5, 0.6) is 0 Å². The Balaban J connectivity index is 3.15. The van der Waals surface area contributed by atoms with Gasteiger partial charge in [-0.2, -0.15) is 5.48 Å². The van der Waals surface area contributed by atoms with Crippen LogP contribution >= 0.6 is 0 Å². The Morgan fingerprint density at radius 3 is 1.94 bits per heavy atom. The number of rotatable bonds is 10. The zero-order chi connectivity index (χ0) is 13.6. The molecule has 18 heavy (non-hydrogen) atoms. The summed E-state index contributed by atoms with van der Waals surface area (Å²) in [5.74, 6) is -0.434. The molecular weight excluding hydrogens is 232 g/mol. The largest absolute Gasteiger partial charge is 0.349 e. The van der Waals surface area contributed by atoms with Crippen molar-refractivity contribution in [2.75, 3.05) is 0 Å². The van der Waals surface area contributed by atoms with Crippen molar-refractivity contribution in [1.82, 2.24) is 5.48 Å². The van der Waals surface area contributed by atoms with Crippen LogP contribution in [0.25, 0.3) is 0 Å². The fraction of sp³-hybridized carbons (Fsp3) is 0.846. The van der Waals surface area contributed by atoms with E-state index in [1.165, 1.54) is 38.5 Å². The minimum absolute atomic E-state index is 0.329. The van der Waals surface area contributed by atoms with Gasteiger partial charge in [-0.15, -0.1) is 0 Å². The standard InChI is InChI=1S/C13H26N2O3/c1-2-3-4-5-6-7-8-9-10-11-12(16)18-15-13(14)17/h2-11H2,1H3,(H3,14,15,17). The van der Waals surface area contributed by atoms with Crippen LogP contribution in [0.2, 0.25) is 0 Å². The molecule has 5 nitrogen and oxygen atoms in total. The number of carbonyl (C=O) groups excluding carboxylic acids is 2. The van der Waals surface area contributed by atoms with Gasteiger partial charge in [0.05, 0.1) is 0 Å². The topological polar surface area (TPSA) is 81.4 Å². The van der Waals surface area contributed by atoms with E-state index in [0.29, 0.717) is 6.42 Å². The van der Waals surface area contributed by atoms with E-state index >= 15 is 0 Å². The van der Waals surface area contributed by atoms with Gasteiger partial charge >= 0.3 is 12.0 Å². The zero-order valence-electron chi connectivity index (χ0n) is 11.4. The van der Waals surface area contributed by atoms with Gasteiger partial charge in [-0.25, -0.2) is 9.59 Å². The number of hydrogen-bond acceptors (Lipinski definition) is 3. The van der Waals surface area contributed by atoms with Crippen molar-refractivity contribution in [3.63, 3.8) is 0 Å². The van der Waals surface area contributed by atoms with Crippen LogP contribution in [0.3, 0.4) is 0 Å². The molecule has 0 atom stereocenters. The SMILES string of the molecule is CCCCCCCCCCCC(=O)ONC(N)=O. The molecule has 0 spiro atoms. The van der Waals surface area contributed by atoms with Crippen molar-refractivity contribution in [2.45, 2.75) is 71.1 Å². The number of carbonyl (C=O) groups is 2. The summed E-state index contributed by atoms with van der Waals surface area (Å²) in [5, 5.41) is 0. The average Bonchev–Trinajstić information content (AvgIpc) is 2.34. The lowest BCUT2D eigenvalue weighted by atomic mass is 10.1. The molecule has 0 aromatic rings. The van der Waals surface area contributed by atoms with Crippen molar-refractivity contribution in [3.8, 4) is 0 Å². The first-order valence-electron chi connectivity index (χ1n) is 6.92. The van der Waals surface area contributed by atoms with E-state index in [4.69, 9.17) is 5.73 Å². The average molecular weight is 258 g/mol. The number of unbranched alkanes of at least 4 members (excludes halogenated alkanes) is 8. The third kappa shape index (κ3) is 12.8. The van der Waals surface area contributed by atoms with Crippen LogP contribution in [0.1, 0.15) is 71.1 Å². The molecule has 0 aliphatic heterocycles. The highest BCUT2D eigenvalue weighted by atomic mass is 16.7. The van der Waals surface area contributed by atoms with Crippen LogP contribution in [0.15, 0.2) is 0 Å². The monoisotopic (exact) mass is 258 g/mol. The van der Waals surface area contributed by atoms with Gasteiger partial charge in [-0.1, -0.05) is 58.3 Å². The highest BCUT2D eigenvalue weighted by Gasteiger charge is 2.03. The second kappa shape index (κ2) is 12.2. The van der Waals surface area contributed by atoms with Crippen LogP contribution in [0, 0.1) is 0 Å². The first kappa shape index (κ1) is 16.7. The van der Waals surface area contributed by atoms with E-state index in [2.05, 4.69) is 11.8 Å². The number of hydrogen-bond donors (Lipinski definition) is 2. The molecule has 0 unspecified atom stereocenters. The van der Waals surface area contributed by atoms with E-state index in [1.54, 1.807) is 0 Å². The maximum Gasteiger partial charge on any atom is 0.345 e. The molecular formula is C13H26N2O3. The first-order chi connectivity index (χ1) is 8.66. The molecule has 0 aromatic carbocycles. The van der Waals surface area contributed by atoms with Gasteiger partial charge in [-0.05, 0) is 6.42 Å². The molecule has 0 aromatic heterocycles. The van der Waals surface area contributed by atoms with Crippen molar-refractivity contribution in [1.29, 1.82) is 0 Å². The van der Waals surface area contributed by atoms with Crippen molar-refractivity contribution < 1.29 is 14.4 Å². The molecule has 0 fully saturated rings. The smallest absolute Gasteiger partial charge is 0.345 e. The lowest BCUT2D eigenvalue weighted by molar-refractivity contribution is -0.148. The van der Waals surface area contributed by atoms with E-state index in [-0.39, 0.29) is 0 Å². The minimum atomic E-state index is -0.851. The summed E-state index contributed by atoms with van der Waals surface area (Å²) in [6.07, 6.45) is 11.1. The third-order valence-corrected chi connectivity index (χ3v) is 2.75. The number of hydroxylamine groups is 1. The normalized spacial score (nSPS) is 10.1. The first-order valence-corrected chi connectivity index (χ1v) is 6.92. The van der Waals surface area contributed by atoms with E-state index < -0.39 is 12.0 Å². The Hall–Kier alpha value is -1.26. The van der Waals surface area contributed by atoms with E-state index in [1.807, 2.05) is 5.48 Å². The minimum Gasteiger partial charge on any atom is -0.349 e. The van der Waals surface area contributed by atoms with Gasteiger partial charge < -0.3 is 10.6 Å². The molecule has 0 heterocycles. The lowest BCUT2D eigenvalue weighted by Crippen LogP contribution is -2.31. The number of primary amides is 1. The molecule has 0 saturated heterocycles. The molecule has 5 heteroatoms. The molecule has 0 saturated carbocycles. The highest BCUT2D eigenvalue weighted by Crippen LogP contribution is 2.10. The van der Waals surface area contributed by atoms with Crippen molar-refractivity contribution >= 4 is 12.0 Å². The predicted octanol–water partition coefficient (Wildman–Crippen LogP) is 3.03. The number of urea groups is 1. The second-order valence-electron chi connectivity index (χ2n) is 4.52. The zero-order valence-corrected chi connectivity index (χ0v) is 11.4. The summed E-state index contributed by atoms with van der Waals surface area (Å²) in [6, 6.07) is -0.851. The van der Waals surface area contributed by atoms with Crippen LogP contribution in [-0.2, 0) is 9.63 Å². The summed E-state index contributed by atoms with van der Waals surface area (Å²) in [5.41, 5.74) is 6.57. The van der Waals surface area contributed by atoms with Crippen LogP contribution in [-0.4, -0.2) is 12.0 Å². The Bertz CT molecular complexity index is 232. The van der Waals surface area contributed by atoms with Gasteiger partial charge in [0.1, 0.15) is 0 Å². The van der Waals surface area contributed by atoms with Crippen molar-refractivity contribution in [2.24, 2.45) is 5.73 Å². The van der Waals surface area contributed by atoms with Crippen LogP contribution < -0.4 is 11.2 Å². The quantitative estimate of drug-likeness (QED) is 0.467. The van der Waals surface area contributed by atoms with Crippen LogP contribution in [0.4, 0.5) is 4.79 Å². The van der Waals surface area contributed by atoms with Gasteiger partial charge in [0.15, 0.2) is 0 Å². The Kier molecular flexibility index (Phi) is 11.3. The third-order valence-electron chi connectivity index (χ3n) is 2.75. The van der Waals surface area contributed by atoms with E-state index in [0.717, 1.165) is 19.3 Å². The Morgan fingerprint density at radius 2 is 1.44 bits per heavy atom. The molecule has 0 radical (unpaired) electrons. The van der Waals surface area contributed by atoms with Gasteiger partial charge in [0.2, 0.25) is 0 Å².